The van der Waals surface area contributed by atoms with E-state index in [0.717, 1.165) is 12.1 Å². The second-order valence-electron chi connectivity index (χ2n) is 8.35. The van der Waals surface area contributed by atoms with Crippen molar-refractivity contribution in [2.45, 2.75) is 43.8 Å². The summed E-state index contributed by atoms with van der Waals surface area (Å²) in [6, 6.07) is 8.39. The number of nitrogens with zero attached hydrogens (tertiary/aromatic N) is 4. The normalized spacial score (nSPS) is 22.4. The van der Waals surface area contributed by atoms with E-state index in [1.807, 2.05) is 6.07 Å². The summed E-state index contributed by atoms with van der Waals surface area (Å²) in [4.78, 5) is 12.8. The lowest BCUT2D eigenvalue weighted by molar-refractivity contribution is -0.137. The Morgan fingerprint density at radius 3 is 2.53 bits per heavy atom. The minimum Gasteiger partial charge on any atom is -0.467 e. The van der Waals surface area contributed by atoms with Gasteiger partial charge in [0.25, 0.3) is 0 Å². The van der Waals surface area contributed by atoms with E-state index < -0.39 is 36.3 Å². The number of rotatable bonds is 8. The first-order chi connectivity index (χ1) is 17.3. The smallest absolute Gasteiger partial charge is 0.416 e. The Kier molecular flexibility index (Phi) is 6.62. The van der Waals surface area contributed by atoms with Gasteiger partial charge < -0.3 is 30.0 Å². The fourth-order valence-electron chi connectivity index (χ4n) is 4.05. The molecule has 0 saturated carbocycles. The van der Waals surface area contributed by atoms with E-state index in [0.29, 0.717) is 34.9 Å². The maximum Gasteiger partial charge on any atom is 0.416 e. The van der Waals surface area contributed by atoms with Crippen LogP contribution in [0.15, 0.2) is 59.7 Å². The van der Waals surface area contributed by atoms with E-state index in [9.17, 15) is 23.4 Å². The van der Waals surface area contributed by atoms with E-state index >= 15 is 0 Å². The minimum atomic E-state index is -4.39. The zero-order chi connectivity index (χ0) is 25.3. The highest BCUT2D eigenvalue weighted by Crippen LogP contribution is 2.32. The molecule has 1 aliphatic heterocycles. The number of hydrogen-bond acceptors (Lipinski definition) is 9. The summed E-state index contributed by atoms with van der Waals surface area (Å²) in [5.41, 5.74) is 0.779. The molecule has 10 nitrogen and oxygen atoms in total. The number of hydrogen-bond donors (Lipinski definition) is 4. The Bertz CT molecular complexity index is 1300. The maximum atomic E-state index is 12.7. The Balaban J connectivity index is 1.23. The molecular formula is C23H23F3N6O4. The number of aliphatic hydroxyl groups excluding tert-OH is 2. The zero-order valence-corrected chi connectivity index (χ0v) is 18.8. The number of fused-ring (bicyclic) bond motifs is 1. The van der Waals surface area contributed by atoms with Crippen molar-refractivity contribution in [3.63, 3.8) is 0 Å². The molecule has 36 heavy (non-hydrogen) atoms. The molecule has 0 amide bonds. The molecule has 0 bridgehead atoms. The number of furan rings is 1. The van der Waals surface area contributed by atoms with E-state index in [1.54, 1.807) is 12.3 Å². The van der Waals surface area contributed by atoms with Crippen LogP contribution < -0.4 is 10.6 Å². The SMILES string of the molecule is O[C@@H]1[C@H](O)[C@@H](CNCc2ccc(C(F)(F)F)cc2)O[C@H]1n1cnc2c(NCc3ccco3)ncnc21. The van der Waals surface area contributed by atoms with Crippen molar-refractivity contribution in [3.05, 3.63) is 72.2 Å². The largest absolute Gasteiger partial charge is 0.467 e. The van der Waals surface area contributed by atoms with Gasteiger partial charge in [-0.05, 0) is 29.8 Å². The van der Waals surface area contributed by atoms with Crippen molar-refractivity contribution >= 4 is 17.0 Å². The summed E-state index contributed by atoms with van der Waals surface area (Å²) in [5, 5.41) is 27.4. The Morgan fingerprint density at radius 1 is 1.00 bits per heavy atom. The summed E-state index contributed by atoms with van der Waals surface area (Å²) in [7, 11) is 0. The Hall–Kier alpha value is -3.52. The quantitative estimate of drug-likeness (QED) is 0.286. The van der Waals surface area contributed by atoms with Crippen LogP contribution in [0.25, 0.3) is 11.2 Å². The fraction of sp³-hybridized carbons (Fsp3) is 0.348. The molecule has 4 atom stereocenters. The number of ether oxygens (including phenoxy) is 1. The lowest BCUT2D eigenvalue weighted by Gasteiger charge is -2.17. The van der Waals surface area contributed by atoms with Crippen molar-refractivity contribution in [1.82, 2.24) is 24.8 Å². The van der Waals surface area contributed by atoms with Crippen LogP contribution in [0.1, 0.15) is 23.1 Å². The van der Waals surface area contributed by atoms with Crippen LogP contribution in [0.3, 0.4) is 0 Å². The number of benzene rings is 1. The predicted octanol–water partition coefficient (Wildman–Crippen LogP) is 2.46. The zero-order valence-electron chi connectivity index (χ0n) is 18.8. The molecule has 5 rings (SSSR count). The van der Waals surface area contributed by atoms with E-state index in [2.05, 4.69) is 25.6 Å². The third-order valence-electron chi connectivity index (χ3n) is 5.94. The number of anilines is 1. The molecule has 0 aliphatic carbocycles. The molecule has 4 heterocycles. The van der Waals surface area contributed by atoms with Crippen LogP contribution in [0.4, 0.5) is 19.0 Å². The summed E-state index contributed by atoms with van der Waals surface area (Å²) in [6.07, 6.45) is -4.19. The number of imidazole rings is 1. The molecule has 190 valence electrons. The van der Waals surface area contributed by atoms with E-state index in [-0.39, 0.29) is 13.1 Å². The highest BCUT2D eigenvalue weighted by Gasteiger charge is 2.44. The molecule has 0 unspecified atom stereocenters. The van der Waals surface area contributed by atoms with E-state index in [1.165, 1.54) is 29.4 Å². The van der Waals surface area contributed by atoms with Gasteiger partial charge >= 0.3 is 6.18 Å². The molecule has 1 aromatic carbocycles. The van der Waals surface area contributed by atoms with Gasteiger partial charge in [-0.3, -0.25) is 4.57 Å². The minimum absolute atomic E-state index is 0.160. The van der Waals surface area contributed by atoms with Crippen molar-refractivity contribution in [2.75, 3.05) is 11.9 Å². The van der Waals surface area contributed by atoms with Crippen LogP contribution in [0.5, 0.6) is 0 Å². The Labute approximate surface area is 202 Å². The highest BCUT2D eigenvalue weighted by molar-refractivity contribution is 5.82. The lowest BCUT2D eigenvalue weighted by atomic mass is 10.1. The van der Waals surface area contributed by atoms with Crippen LogP contribution >= 0.6 is 0 Å². The third-order valence-corrected chi connectivity index (χ3v) is 5.94. The van der Waals surface area contributed by atoms with Crippen molar-refractivity contribution in [1.29, 1.82) is 0 Å². The third kappa shape index (κ3) is 4.91. The molecule has 0 spiro atoms. The molecule has 1 saturated heterocycles. The maximum absolute atomic E-state index is 12.7. The predicted molar refractivity (Wildman–Crippen MR) is 120 cm³/mol. The number of halogens is 3. The van der Waals surface area contributed by atoms with Crippen LogP contribution in [0.2, 0.25) is 0 Å². The lowest BCUT2D eigenvalue weighted by Crippen LogP contribution is -2.37. The van der Waals surface area contributed by atoms with Crippen molar-refractivity contribution < 1.29 is 32.5 Å². The first-order valence-electron chi connectivity index (χ1n) is 11.1. The standard InChI is InChI=1S/C23H23F3N6O4/c24-23(25,26)14-5-3-13(4-6-14)8-27-10-16-18(33)19(34)22(36-16)32-12-31-17-20(29-11-30-21(17)32)28-9-15-2-1-7-35-15/h1-7,11-12,16,18-19,22,27,33-34H,8-10H2,(H,28,29,30)/t16-,18-,19-,22-/m1/s1. The molecule has 1 aliphatic rings. The van der Waals surface area contributed by atoms with Gasteiger partial charge in [-0.25, -0.2) is 15.0 Å². The average molecular weight is 504 g/mol. The molecule has 0 radical (unpaired) electrons. The topological polar surface area (TPSA) is 130 Å². The van der Waals surface area contributed by atoms with Gasteiger partial charge in [0.05, 0.1) is 24.7 Å². The number of nitrogens with one attached hydrogen (secondary N) is 2. The molecule has 4 aromatic rings. The van der Waals surface area contributed by atoms with E-state index in [4.69, 9.17) is 9.15 Å². The van der Waals surface area contributed by atoms with Gasteiger partial charge in [0.15, 0.2) is 23.2 Å². The van der Waals surface area contributed by atoms with Gasteiger partial charge in [-0.1, -0.05) is 12.1 Å². The fourth-order valence-corrected chi connectivity index (χ4v) is 4.05. The van der Waals surface area contributed by atoms with Gasteiger partial charge in [0, 0.05) is 13.1 Å². The van der Waals surface area contributed by atoms with Crippen molar-refractivity contribution in [3.8, 4) is 0 Å². The monoisotopic (exact) mass is 504 g/mol. The summed E-state index contributed by atoms with van der Waals surface area (Å²) in [6.45, 7) is 0.810. The number of alkyl halides is 3. The van der Waals surface area contributed by atoms with Gasteiger partial charge in [0.1, 0.15) is 30.4 Å². The Morgan fingerprint density at radius 2 is 1.81 bits per heavy atom. The average Bonchev–Trinajstić information content (AvgIpc) is 3.59. The number of aliphatic hydroxyl groups is 2. The van der Waals surface area contributed by atoms with Gasteiger partial charge in [-0.2, -0.15) is 13.2 Å². The summed E-state index contributed by atoms with van der Waals surface area (Å²) in [5.74, 6) is 1.18. The molecule has 13 heteroatoms. The highest BCUT2D eigenvalue weighted by atomic mass is 19.4. The molecule has 1 fully saturated rings. The first-order valence-corrected chi connectivity index (χ1v) is 11.1. The molecular weight excluding hydrogens is 481 g/mol. The molecule has 4 N–H and O–H groups in total. The van der Waals surface area contributed by atoms with Gasteiger partial charge in [0.2, 0.25) is 0 Å². The van der Waals surface area contributed by atoms with Gasteiger partial charge in [-0.15, -0.1) is 0 Å². The summed E-state index contributed by atoms with van der Waals surface area (Å²) >= 11 is 0. The molecule has 3 aromatic heterocycles. The van der Waals surface area contributed by atoms with Crippen LogP contribution in [-0.2, 0) is 24.0 Å². The van der Waals surface area contributed by atoms with Crippen LogP contribution in [-0.4, -0.2) is 54.6 Å². The van der Waals surface area contributed by atoms with Crippen LogP contribution in [0, 0.1) is 0 Å². The first kappa shape index (κ1) is 24.2. The second-order valence-corrected chi connectivity index (χ2v) is 8.35. The summed E-state index contributed by atoms with van der Waals surface area (Å²) < 4.78 is 50.9. The number of aromatic nitrogens is 4. The van der Waals surface area contributed by atoms with Crippen molar-refractivity contribution in [2.24, 2.45) is 0 Å². The second kappa shape index (κ2) is 9.85.